The van der Waals surface area contributed by atoms with Crippen LogP contribution in [0.4, 0.5) is 0 Å². The van der Waals surface area contributed by atoms with Crippen molar-refractivity contribution in [1.29, 1.82) is 0 Å². The van der Waals surface area contributed by atoms with Gasteiger partial charge in [0.25, 0.3) is 0 Å². The fraction of sp³-hybridized carbons (Fsp3) is 0.355. The molecule has 0 aromatic heterocycles. The Hall–Kier alpha value is -3.51. The molecule has 1 saturated carbocycles. The predicted molar refractivity (Wildman–Crippen MR) is 147 cm³/mol. The van der Waals surface area contributed by atoms with Crippen LogP contribution in [0.3, 0.4) is 0 Å². The molecule has 1 atom stereocenters. The van der Waals surface area contributed by atoms with Crippen LogP contribution in [-0.2, 0) is 29.0 Å². The average molecular weight is 533 g/mol. The molecular formula is C31H33ClN2O4. The summed E-state index contributed by atoms with van der Waals surface area (Å²) in [4.78, 5) is 29.3. The normalized spacial score (nSPS) is 15.3. The Morgan fingerprint density at radius 2 is 1.61 bits per heavy atom. The van der Waals surface area contributed by atoms with E-state index in [1.165, 1.54) is 0 Å². The fourth-order valence-electron chi connectivity index (χ4n) is 5.20. The SMILES string of the molecule is O=C(NC1CCCC1)C(Cc1ccccc1)N(Cc1ccc(Cl)cc1)C(=O)CCc1ccc2c(c1)OCO2. The molecule has 5 rings (SSSR count). The van der Waals surface area contributed by atoms with Gasteiger partial charge in [0, 0.05) is 30.5 Å². The zero-order valence-electron chi connectivity index (χ0n) is 21.4. The summed E-state index contributed by atoms with van der Waals surface area (Å²) in [7, 11) is 0. The van der Waals surface area contributed by atoms with E-state index in [4.69, 9.17) is 21.1 Å². The number of hydrogen-bond donors (Lipinski definition) is 1. The van der Waals surface area contributed by atoms with Crippen molar-refractivity contribution in [3.63, 3.8) is 0 Å². The second-order valence-corrected chi connectivity index (χ2v) is 10.5. The Balaban J connectivity index is 1.39. The van der Waals surface area contributed by atoms with Gasteiger partial charge >= 0.3 is 0 Å². The van der Waals surface area contributed by atoms with Crippen LogP contribution in [0.5, 0.6) is 11.5 Å². The number of fused-ring (bicyclic) bond motifs is 1. The molecule has 7 heteroatoms. The van der Waals surface area contributed by atoms with E-state index in [0.29, 0.717) is 30.2 Å². The zero-order valence-corrected chi connectivity index (χ0v) is 22.2. The maximum absolute atomic E-state index is 13.9. The van der Waals surface area contributed by atoms with Gasteiger partial charge in [0.05, 0.1) is 0 Å². The zero-order chi connectivity index (χ0) is 26.3. The van der Waals surface area contributed by atoms with Crippen molar-refractivity contribution in [2.24, 2.45) is 0 Å². The highest BCUT2D eigenvalue weighted by Gasteiger charge is 2.32. The minimum atomic E-state index is -0.627. The molecular weight excluding hydrogens is 500 g/mol. The molecule has 0 saturated heterocycles. The third-order valence-electron chi connectivity index (χ3n) is 7.30. The maximum Gasteiger partial charge on any atom is 0.243 e. The lowest BCUT2D eigenvalue weighted by atomic mass is 10.0. The lowest BCUT2D eigenvalue weighted by molar-refractivity contribution is -0.141. The van der Waals surface area contributed by atoms with Crippen LogP contribution < -0.4 is 14.8 Å². The molecule has 1 heterocycles. The summed E-state index contributed by atoms with van der Waals surface area (Å²) in [6.07, 6.45) is 5.47. The number of ether oxygens (including phenoxy) is 2. The van der Waals surface area contributed by atoms with Gasteiger partial charge in [0.1, 0.15) is 6.04 Å². The molecule has 198 valence electrons. The summed E-state index contributed by atoms with van der Waals surface area (Å²) >= 11 is 6.12. The molecule has 0 bridgehead atoms. The highest BCUT2D eigenvalue weighted by Crippen LogP contribution is 2.33. The van der Waals surface area contributed by atoms with Crippen LogP contribution in [0.1, 0.15) is 48.8 Å². The lowest BCUT2D eigenvalue weighted by Crippen LogP contribution is -2.52. The summed E-state index contributed by atoms with van der Waals surface area (Å²) in [5, 5.41) is 3.88. The monoisotopic (exact) mass is 532 g/mol. The van der Waals surface area contributed by atoms with Crippen molar-refractivity contribution in [2.75, 3.05) is 6.79 Å². The number of carbonyl (C=O) groups excluding carboxylic acids is 2. The molecule has 1 aliphatic carbocycles. The molecule has 0 radical (unpaired) electrons. The van der Waals surface area contributed by atoms with E-state index < -0.39 is 6.04 Å². The van der Waals surface area contributed by atoms with Gasteiger partial charge in [-0.3, -0.25) is 9.59 Å². The number of amides is 2. The van der Waals surface area contributed by atoms with E-state index in [0.717, 1.165) is 48.1 Å². The Morgan fingerprint density at radius 3 is 2.37 bits per heavy atom. The number of carbonyl (C=O) groups is 2. The second-order valence-electron chi connectivity index (χ2n) is 10.0. The van der Waals surface area contributed by atoms with Gasteiger partial charge in [0.15, 0.2) is 11.5 Å². The highest BCUT2D eigenvalue weighted by atomic mass is 35.5. The van der Waals surface area contributed by atoms with Gasteiger partial charge < -0.3 is 19.7 Å². The molecule has 2 amide bonds. The molecule has 2 aliphatic rings. The topological polar surface area (TPSA) is 67.9 Å². The van der Waals surface area contributed by atoms with Gasteiger partial charge in [-0.15, -0.1) is 0 Å². The van der Waals surface area contributed by atoms with Crippen molar-refractivity contribution in [3.05, 3.63) is 94.5 Å². The summed E-state index contributed by atoms with van der Waals surface area (Å²) < 4.78 is 10.9. The molecule has 38 heavy (non-hydrogen) atoms. The molecule has 1 aliphatic heterocycles. The third kappa shape index (κ3) is 6.67. The van der Waals surface area contributed by atoms with Crippen molar-refractivity contribution < 1.29 is 19.1 Å². The number of aryl methyl sites for hydroxylation is 1. The summed E-state index contributed by atoms with van der Waals surface area (Å²) in [6.45, 7) is 0.538. The first-order valence-electron chi connectivity index (χ1n) is 13.3. The van der Waals surface area contributed by atoms with Crippen molar-refractivity contribution >= 4 is 23.4 Å². The number of nitrogens with zero attached hydrogens (tertiary/aromatic N) is 1. The molecule has 3 aromatic rings. The summed E-state index contributed by atoms with van der Waals surface area (Å²) in [5.41, 5.74) is 2.94. The van der Waals surface area contributed by atoms with E-state index >= 15 is 0 Å². The Morgan fingerprint density at radius 1 is 0.895 bits per heavy atom. The first-order chi connectivity index (χ1) is 18.5. The van der Waals surface area contributed by atoms with Crippen molar-refractivity contribution in [3.8, 4) is 11.5 Å². The van der Waals surface area contributed by atoms with Crippen LogP contribution in [0.25, 0.3) is 0 Å². The average Bonchev–Trinajstić information content (AvgIpc) is 3.62. The van der Waals surface area contributed by atoms with Crippen molar-refractivity contribution in [1.82, 2.24) is 10.2 Å². The molecule has 1 N–H and O–H groups in total. The fourth-order valence-corrected chi connectivity index (χ4v) is 5.33. The molecule has 6 nitrogen and oxygen atoms in total. The third-order valence-corrected chi connectivity index (χ3v) is 7.56. The van der Waals surface area contributed by atoms with E-state index in [-0.39, 0.29) is 31.1 Å². The first-order valence-corrected chi connectivity index (χ1v) is 13.7. The van der Waals surface area contributed by atoms with Crippen LogP contribution in [0.15, 0.2) is 72.8 Å². The minimum Gasteiger partial charge on any atom is -0.454 e. The molecule has 1 unspecified atom stereocenters. The molecule has 1 fully saturated rings. The number of hydrogen-bond acceptors (Lipinski definition) is 4. The molecule has 3 aromatic carbocycles. The van der Waals surface area contributed by atoms with Crippen LogP contribution in [0, 0.1) is 0 Å². The largest absolute Gasteiger partial charge is 0.454 e. The second kappa shape index (κ2) is 12.4. The van der Waals surface area contributed by atoms with E-state index in [9.17, 15) is 9.59 Å². The number of benzene rings is 3. The smallest absolute Gasteiger partial charge is 0.243 e. The summed E-state index contributed by atoms with van der Waals surface area (Å²) in [6, 6.07) is 22.7. The Kier molecular flexibility index (Phi) is 8.49. The van der Waals surface area contributed by atoms with Gasteiger partial charge in [0.2, 0.25) is 18.6 Å². The van der Waals surface area contributed by atoms with E-state index in [2.05, 4.69) is 5.32 Å². The van der Waals surface area contributed by atoms with Crippen LogP contribution >= 0.6 is 11.6 Å². The van der Waals surface area contributed by atoms with Crippen molar-refractivity contribution in [2.45, 2.75) is 63.6 Å². The van der Waals surface area contributed by atoms with Crippen LogP contribution in [-0.4, -0.2) is 35.6 Å². The van der Waals surface area contributed by atoms with Gasteiger partial charge in [-0.2, -0.15) is 0 Å². The minimum absolute atomic E-state index is 0.0693. The summed E-state index contributed by atoms with van der Waals surface area (Å²) in [5.74, 6) is 1.26. The Labute approximate surface area is 228 Å². The van der Waals surface area contributed by atoms with Gasteiger partial charge in [-0.1, -0.05) is 73.0 Å². The number of rotatable bonds is 10. The van der Waals surface area contributed by atoms with E-state index in [1.807, 2.05) is 72.8 Å². The van der Waals surface area contributed by atoms with E-state index in [1.54, 1.807) is 4.90 Å². The number of halogens is 1. The molecule has 0 spiro atoms. The lowest BCUT2D eigenvalue weighted by Gasteiger charge is -2.32. The Bertz CT molecular complexity index is 1240. The maximum atomic E-state index is 13.9. The quantitative estimate of drug-likeness (QED) is 0.364. The highest BCUT2D eigenvalue weighted by molar-refractivity contribution is 6.30. The van der Waals surface area contributed by atoms with Gasteiger partial charge in [-0.25, -0.2) is 0 Å². The van der Waals surface area contributed by atoms with Crippen LogP contribution in [0.2, 0.25) is 5.02 Å². The standard InChI is InChI=1S/C31H33ClN2O4/c32-25-14-10-24(11-15-25)20-34(30(35)17-13-23-12-16-28-29(19-23)38-21-37-28)27(18-22-6-2-1-3-7-22)31(36)33-26-8-4-5-9-26/h1-3,6-7,10-12,14-16,19,26-27H,4-5,8-9,13,17-18,20-21H2,(H,33,36). The van der Waals surface area contributed by atoms with Gasteiger partial charge in [-0.05, 0) is 60.2 Å². The predicted octanol–water partition coefficient (Wildman–Crippen LogP) is 5.70. The number of nitrogens with one attached hydrogen (secondary N) is 1. The first kappa shape index (κ1) is 26.1.